The molecular formula is C12H18ClNO. The van der Waals surface area contributed by atoms with Crippen LogP contribution in [-0.2, 0) is 0 Å². The normalized spacial score (nSPS) is 15.0. The summed E-state index contributed by atoms with van der Waals surface area (Å²) in [7, 11) is 0. The van der Waals surface area contributed by atoms with E-state index in [-0.39, 0.29) is 12.0 Å². The Morgan fingerprint density at radius 3 is 2.60 bits per heavy atom. The molecule has 15 heavy (non-hydrogen) atoms. The van der Waals surface area contributed by atoms with Gasteiger partial charge in [-0.1, -0.05) is 23.7 Å². The summed E-state index contributed by atoms with van der Waals surface area (Å²) < 4.78 is 0. The molecule has 1 aromatic rings. The second-order valence-electron chi connectivity index (χ2n) is 4.03. The molecule has 0 amide bonds. The zero-order valence-electron chi connectivity index (χ0n) is 9.20. The van der Waals surface area contributed by atoms with E-state index in [1.165, 1.54) is 0 Å². The maximum absolute atomic E-state index is 9.35. The van der Waals surface area contributed by atoms with Crippen molar-refractivity contribution < 1.29 is 5.11 Å². The SMILES string of the molecule is Cc1ccc(C(CN)CC(C)O)cc1Cl. The van der Waals surface area contributed by atoms with Gasteiger partial charge in [-0.05, 0) is 49.9 Å². The molecule has 0 aliphatic carbocycles. The molecule has 2 unspecified atom stereocenters. The molecule has 0 fully saturated rings. The lowest BCUT2D eigenvalue weighted by atomic mass is 9.93. The predicted octanol–water partition coefficient (Wildman–Crippen LogP) is 2.46. The van der Waals surface area contributed by atoms with Crippen LogP contribution in [0.5, 0.6) is 0 Å². The van der Waals surface area contributed by atoms with Gasteiger partial charge in [-0.2, -0.15) is 0 Å². The van der Waals surface area contributed by atoms with Crippen molar-refractivity contribution in [1.29, 1.82) is 0 Å². The first kappa shape index (κ1) is 12.5. The number of hydrogen-bond acceptors (Lipinski definition) is 2. The Morgan fingerprint density at radius 1 is 1.47 bits per heavy atom. The Kier molecular flexibility index (Phi) is 4.58. The van der Waals surface area contributed by atoms with Gasteiger partial charge in [0.15, 0.2) is 0 Å². The van der Waals surface area contributed by atoms with Crippen molar-refractivity contribution in [3.8, 4) is 0 Å². The predicted molar refractivity (Wildman–Crippen MR) is 64.3 cm³/mol. The highest BCUT2D eigenvalue weighted by atomic mass is 35.5. The lowest BCUT2D eigenvalue weighted by molar-refractivity contribution is 0.175. The van der Waals surface area contributed by atoms with Crippen LogP contribution < -0.4 is 5.73 Å². The second-order valence-corrected chi connectivity index (χ2v) is 4.43. The van der Waals surface area contributed by atoms with E-state index in [0.717, 1.165) is 16.1 Å². The zero-order valence-corrected chi connectivity index (χ0v) is 9.96. The van der Waals surface area contributed by atoms with E-state index < -0.39 is 0 Å². The maximum atomic E-state index is 9.35. The van der Waals surface area contributed by atoms with E-state index in [2.05, 4.69) is 0 Å². The van der Waals surface area contributed by atoms with Crippen LogP contribution in [0.2, 0.25) is 5.02 Å². The van der Waals surface area contributed by atoms with E-state index in [9.17, 15) is 5.11 Å². The molecule has 2 atom stereocenters. The topological polar surface area (TPSA) is 46.2 Å². The number of halogens is 1. The molecule has 0 aliphatic heterocycles. The number of nitrogens with two attached hydrogens (primary N) is 1. The lowest BCUT2D eigenvalue weighted by Crippen LogP contribution is -2.17. The fraction of sp³-hybridized carbons (Fsp3) is 0.500. The van der Waals surface area contributed by atoms with Crippen LogP contribution >= 0.6 is 11.6 Å². The first-order valence-electron chi connectivity index (χ1n) is 5.18. The lowest BCUT2D eigenvalue weighted by Gasteiger charge is -2.17. The quantitative estimate of drug-likeness (QED) is 0.830. The van der Waals surface area contributed by atoms with Crippen LogP contribution in [-0.4, -0.2) is 17.8 Å². The summed E-state index contributed by atoms with van der Waals surface area (Å²) in [5.74, 6) is 0.183. The Morgan fingerprint density at radius 2 is 2.13 bits per heavy atom. The van der Waals surface area contributed by atoms with Crippen molar-refractivity contribution in [3.63, 3.8) is 0 Å². The van der Waals surface area contributed by atoms with Crippen LogP contribution in [0.1, 0.15) is 30.4 Å². The molecule has 0 heterocycles. The Balaban J connectivity index is 2.87. The van der Waals surface area contributed by atoms with Gasteiger partial charge in [0.05, 0.1) is 6.10 Å². The number of aliphatic hydroxyl groups is 1. The molecule has 0 saturated carbocycles. The number of benzene rings is 1. The maximum Gasteiger partial charge on any atom is 0.0518 e. The van der Waals surface area contributed by atoms with Gasteiger partial charge in [-0.15, -0.1) is 0 Å². The van der Waals surface area contributed by atoms with Crippen LogP contribution in [0, 0.1) is 6.92 Å². The summed E-state index contributed by atoms with van der Waals surface area (Å²) in [5.41, 5.74) is 7.86. The van der Waals surface area contributed by atoms with Gasteiger partial charge in [0.25, 0.3) is 0 Å². The minimum Gasteiger partial charge on any atom is -0.393 e. The van der Waals surface area contributed by atoms with E-state index >= 15 is 0 Å². The Bertz CT molecular complexity index is 325. The highest BCUT2D eigenvalue weighted by Gasteiger charge is 2.13. The molecule has 2 nitrogen and oxygen atoms in total. The molecule has 1 aromatic carbocycles. The van der Waals surface area contributed by atoms with Gasteiger partial charge in [0.2, 0.25) is 0 Å². The minimum atomic E-state index is -0.335. The van der Waals surface area contributed by atoms with Gasteiger partial charge < -0.3 is 10.8 Å². The van der Waals surface area contributed by atoms with E-state index in [4.69, 9.17) is 17.3 Å². The summed E-state index contributed by atoms with van der Waals surface area (Å²) >= 11 is 6.05. The van der Waals surface area contributed by atoms with Crippen LogP contribution in [0.15, 0.2) is 18.2 Å². The van der Waals surface area contributed by atoms with Gasteiger partial charge in [-0.3, -0.25) is 0 Å². The third-order valence-electron chi connectivity index (χ3n) is 2.58. The van der Waals surface area contributed by atoms with Crippen LogP contribution in [0.3, 0.4) is 0 Å². The molecule has 0 aromatic heterocycles. The monoisotopic (exact) mass is 227 g/mol. The first-order chi connectivity index (χ1) is 7.04. The number of rotatable bonds is 4. The van der Waals surface area contributed by atoms with Crippen molar-refractivity contribution in [2.45, 2.75) is 32.3 Å². The summed E-state index contributed by atoms with van der Waals surface area (Å²) in [5, 5.41) is 10.1. The van der Waals surface area contributed by atoms with Crippen LogP contribution in [0.4, 0.5) is 0 Å². The third kappa shape index (κ3) is 3.49. The summed E-state index contributed by atoms with van der Waals surface area (Å²) in [6.45, 7) is 4.28. The number of aliphatic hydroxyl groups excluding tert-OH is 1. The summed E-state index contributed by atoms with van der Waals surface area (Å²) in [6.07, 6.45) is 0.342. The molecule has 84 valence electrons. The minimum absolute atomic E-state index is 0.183. The zero-order chi connectivity index (χ0) is 11.4. The van der Waals surface area contributed by atoms with Crippen molar-refractivity contribution in [2.24, 2.45) is 5.73 Å². The first-order valence-corrected chi connectivity index (χ1v) is 5.56. The molecule has 1 rings (SSSR count). The smallest absolute Gasteiger partial charge is 0.0518 e. The van der Waals surface area contributed by atoms with Crippen molar-refractivity contribution in [2.75, 3.05) is 6.54 Å². The summed E-state index contributed by atoms with van der Waals surface area (Å²) in [4.78, 5) is 0. The Labute approximate surface area is 96.1 Å². The Hall–Kier alpha value is -0.570. The molecular weight excluding hydrogens is 210 g/mol. The molecule has 0 aliphatic rings. The van der Waals surface area contributed by atoms with E-state index in [1.54, 1.807) is 6.92 Å². The molecule has 0 spiro atoms. The average molecular weight is 228 g/mol. The molecule has 3 N–H and O–H groups in total. The van der Waals surface area contributed by atoms with Gasteiger partial charge in [-0.25, -0.2) is 0 Å². The molecule has 0 bridgehead atoms. The van der Waals surface area contributed by atoms with Gasteiger partial charge in [0, 0.05) is 5.02 Å². The average Bonchev–Trinajstić information content (AvgIpc) is 2.18. The fourth-order valence-electron chi connectivity index (χ4n) is 1.64. The van der Waals surface area contributed by atoms with E-state index in [0.29, 0.717) is 13.0 Å². The molecule has 0 saturated heterocycles. The highest BCUT2D eigenvalue weighted by Crippen LogP contribution is 2.25. The summed E-state index contributed by atoms with van der Waals surface area (Å²) in [6, 6.07) is 5.96. The van der Waals surface area contributed by atoms with Crippen molar-refractivity contribution in [1.82, 2.24) is 0 Å². The van der Waals surface area contributed by atoms with Gasteiger partial charge in [0.1, 0.15) is 0 Å². The number of hydrogen-bond donors (Lipinski definition) is 2. The van der Waals surface area contributed by atoms with Crippen molar-refractivity contribution >= 4 is 11.6 Å². The second kappa shape index (κ2) is 5.50. The van der Waals surface area contributed by atoms with E-state index in [1.807, 2.05) is 25.1 Å². The third-order valence-corrected chi connectivity index (χ3v) is 2.98. The standard InChI is InChI=1S/C12H18ClNO/c1-8-3-4-10(6-12(8)13)11(7-14)5-9(2)15/h3-4,6,9,11,15H,5,7,14H2,1-2H3. The van der Waals surface area contributed by atoms with Gasteiger partial charge >= 0.3 is 0 Å². The largest absolute Gasteiger partial charge is 0.393 e. The highest BCUT2D eigenvalue weighted by molar-refractivity contribution is 6.31. The van der Waals surface area contributed by atoms with Crippen molar-refractivity contribution in [3.05, 3.63) is 34.3 Å². The van der Waals surface area contributed by atoms with Crippen LogP contribution in [0.25, 0.3) is 0 Å². The fourth-order valence-corrected chi connectivity index (χ4v) is 1.83. The number of aryl methyl sites for hydroxylation is 1. The molecule has 3 heteroatoms. The molecule has 0 radical (unpaired) electrons.